The van der Waals surface area contributed by atoms with Crippen LogP contribution in [-0.4, -0.2) is 30.3 Å². The van der Waals surface area contributed by atoms with E-state index in [4.69, 9.17) is 5.73 Å². The van der Waals surface area contributed by atoms with Crippen LogP contribution in [0, 0.1) is 5.92 Å². The van der Waals surface area contributed by atoms with E-state index in [1.54, 1.807) is 0 Å². The summed E-state index contributed by atoms with van der Waals surface area (Å²) in [6.45, 7) is 3.32. The van der Waals surface area contributed by atoms with E-state index in [0.29, 0.717) is 24.6 Å². The molecule has 3 heteroatoms. The van der Waals surface area contributed by atoms with E-state index >= 15 is 0 Å². The molecule has 20 heavy (non-hydrogen) atoms. The summed E-state index contributed by atoms with van der Waals surface area (Å²) in [7, 11) is 0. The van der Waals surface area contributed by atoms with Gasteiger partial charge >= 0.3 is 0 Å². The van der Waals surface area contributed by atoms with E-state index in [0.717, 1.165) is 6.54 Å². The van der Waals surface area contributed by atoms with E-state index in [2.05, 4.69) is 12.2 Å². The number of unbranched alkanes of at least 4 members (excludes halogenated alkanes) is 6. The quantitative estimate of drug-likeness (QED) is 0.482. The van der Waals surface area contributed by atoms with Gasteiger partial charge in [0.1, 0.15) is 0 Å². The number of aliphatic hydroxyl groups is 1. The molecular formula is C17H36N2O. The Morgan fingerprint density at radius 1 is 1.10 bits per heavy atom. The van der Waals surface area contributed by atoms with Crippen LogP contribution in [0.4, 0.5) is 0 Å². The molecule has 0 bridgehead atoms. The first-order chi connectivity index (χ1) is 9.81. The Morgan fingerprint density at radius 2 is 1.80 bits per heavy atom. The maximum absolute atomic E-state index is 9.37. The first kappa shape index (κ1) is 17.9. The van der Waals surface area contributed by atoms with Crippen LogP contribution >= 0.6 is 0 Å². The Balaban J connectivity index is 2.07. The first-order valence-corrected chi connectivity index (χ1v) is 8.88. The highest BCUT2D eigenvalue weighted by Gasteiger charge is 2.27. The smallest absolute Gasteiger partial charge is 0.0474 e. The third kappa shape index (κ3) is 7.05. The zero-order valence-electron chi connectivity index (χ0n) is 13.4. The number of nitrogens with one attached hydrogen (secondary N) is 1. The molecule has 0 spiro atoms. The highest BCUT2D eigenvalue weighted by molar-refractivity contribution is 4.85. The number of hydrogen-bond donors (Lipinski definition) is 3. The molecule has 1 fully saturated rings. The minimum atomic E-state index is 0.326. The molecule has 0 saturated heterocycles. The van der Waals surface area contributed by atoms with Gasteiger partial charge in [-0.2, -0.15) is 0 Å². The van der Waals surface area contributed by atoms with Gasteiger partial charge in [-0.05, 0) is 25.2 Å². The zero-order valence-corrected chi connectivity index (χ0v) is 13.4. The summed E-state index contributed by atoms with van der Waals surface area (Å²) in [5.74, 6) is 0.457. The number of hydrogen-bond acceptors (Lipinski definition) is 3. The lowest BCUT2D eigenvalue weighted by atomic mass is 10.0. The maximum Gasteiger partial charge on any atom is 0.0474 e. The molecule has 4 N–H and O–H groups in total. The Labute approximate surface area is 125 Å². The van der Waals surface area contributed by atoms with Crippen LogP contribution < -0.4 is 11.1 Å². The lowest BCUT2D eigenvalue weighted by Crippen LogP contribution is -2.45. The predicted molar refractivity (Wildman–Crippen MR) is 86.8 cm³/mol. The van der Waals surface area contributed by atoms with Crippen molar-refractivity contribution in [2.75, 3.05) is 13.2 Å². The summed E-state index contributed by atoms with van der Waals surface area (Å²) < 4.78 is 0. The van der Waals surface area contributed by atoms with Gasteiger partial charge in [0.05, 0.1) is 0 Å². The molecule has 0 aromatic carbocycles. The molecular weight excluding hydrogens is 248 g/mol. The van der Waals surface area contributed by atoms with Crippen LogP contribution in [0.15, 0.2) is 0 Å². The number of nitrogens with two attached hydrogens (primary N) is 1. The molecule has 1 rings (SSSR count). The van der Waals surface area contributed by atoms with Gasteiger partial charge < -0.3 is 16.2 Å². The Kier molecular flexibility index (Phi) is 10.3. The van der Waals surface area contributed by atoms with Crippen molar-refractivity contribution in [1.82, 2.24) is 5.32 Å². The topological polar surface area (TPSA) is 58.3 Å². The molecule has 0 heterocycles. The third-order valence-electron chi connectivity index (χ3n) is 4.78. The van der Waals surface area contributed by atoms with Crippen LogP contribution in [-0.2, 0) is 0 Å². The monoisotopic (exact) mass is 284 g/mol. The minimum Gasteiger partial charge on any atom is -0.396 e. The van der Waals surface area contributed by atoms with Gasteiger partial charge in [-0.3, -0.25) is 0 Å². The predicted octanol–water partition coefficient (Wildman–Crippen LogP) is 3.21. The second-order valence-electron chi connectivity index (χ2n) is 6.49. The molecule has 0 aliphatic heterocycles. The Morgan fingerprint density at radius 3 is 2.45 bits per heavy atom. The van der Waals surface area contributed by atoms with Crippen LogP contribution in [0.25, 0.3) is 0 Å². The highest BCUT2D eigenvalue weighted by Crippen LogP contribution is 2.25. The lowest BCUT2D eigenvalue weighted by molar-refractivity contribution is 0.198. The van der Waals surface area contributed by atoms with Crippen LogP contribution in [0.2, 0.25) is 0 Å². The largest absolute Gasteiger partial charge is 0.396 e. The average molecular weight is 284 g/mol. The molecule has 0 amide bonds. The van der Waals surface area contributed by atoms with E-state index < -0.39 is 0 Å². The molecule has 120 valence electrons. The van der Waals surface area contributed by atoms with Crippen molar-refractivity contribution in [3.63, 3.8) is 0 Å². The highest BCUT2D eigenvalue weighted by atomic mass is 16.3. The molecule has 0 aromatic rings. The first-order valence-electron chi connectivity index (χ1n) is 8.88. The summed E-state index contributed by atoms with van der Waals surface area (Å²) in [6.07, 6.45) is 14.3. The van der Waals surface area contributed by atoms with E-state index in [-0.39, 0.29) is 0 Å². The zero-order chi connectivity index (χ0) is 14.6. The van der Waals surface area contributed by atoms with Crippen LogP contribution in [0.1, 0.15) is 77.6 Å². The second-order valence-corrected chi connectivity index (χ2v) is 6.49. The molecule has 3 unspecified atom stereocenters. The van der Waals surface area contributed by atoms with Crippen molar-refractivity contribution in [2.45, 2.75) is 89.6 Å². The Hall–Kier alpha value is -0.120. The molecule has 1 aliphatic carbocycles. The van der Waals surface area contributed by atoms with Crippen LogP contribution in [0.3, 0.4) is 0 Å². The summed E-state index contributed by atoms with van der Waals surface area (Å²) >= 11 is 0. The SMILES string of the molecule is CCCCCCCCCC(CN)NC1CCCC1CO. The molecule has 3 nitrogen and oxygen atoms in total. The molecule has 3 atom stereocenters. The fourth-order valence-corrected chi connectivity index (χ4v) is 3.39. The summed E-state index contributed by atoms with van der Waals surface area (Å²) in [5, 5.41) is 13.1. The number of rotatable bonds is 12. The van der Waals surface area contributed by atoms with Crippen LogP contribution in [0.5, 0.6) is 0 Å². The normalized spacial score (nSPS) is 24.1. The average Bonchev–Trinajstić information content (AvgIpc) is 2.92. The van der Waals surface area contributed by atoms with Gasteiger partial charge in [-0.1, -0.05) is 58.3 Å². The van der Waals surface area contributed by atoms with Crippen molar-refractivity contribution >= 4 is 0 Å². The minimum absolute atomic E-state index is 0.326. The van der Waals surface area contributed by atoms with Gasteiger partial charge in [0, 0.05) is 25.2 Å². The van der Waals surface area contributed by atoms with Crippen molar-refractivity contribution in [3.05, 3.63) is 0 Å². The molecule has 0 aromatic heterocycles. The van der Waals surface area contributed by atoms with Crippen molar-refractivity contribution < 1.29 is 5.11 Å². The third-order valence-corrected chi connectivity index (χ3v) is 4.78. The van der Waals surface area contributed by atoms with Crippen molar-refractivity contribution in [3.8, 4) is 0 Å². The van der Waals surface area contributed by atoms with Gasteiger partial charge in [-0.25, -0.2) is 0 Å². The number of aliphatic hydroxyl groups excluding tert-OH is 1. The van der Waals surface area contributed by atoms with Crippen molar-refractivity contribution in [1.29, 1.82) is 0 Å². The standard InChI is InChI=1S/C17H36N2O/c1-2-3-4-5-6-7-8-11-16(13-18)19-17-12-9-10-15(17)14-20/h15-17,19-20H,2-14,18H2,1H3. The summed E-state index contributed by atoms with van der Waals surface area (Å²) in [4.78, 5) is 0. The van der Waals surface area contributed by atoms with E-state index in [1.165, 1.54) is 70.6 Å². The fraction of sp³-hybridized carbons (Fsp3) is 1.00. The van der Waals surface area contributed by atoms with Gasteiger partial charge in [-0.15, -0.1) is 0 Å². The van der Waals surface area contributed by atoms with Gasteiger partial charge in [0.2, 0.25) is 0 Å². The summed E-state index contributed by atoms with van der Waals surface area (Å²) in [6, 6.07) is 0.945. The molecule has 1 saturated carbocycles. The maximum atomic E-state index is 9.37. The fourth-order valence-electron chi connectivity index (χ4n) is 3.39. The molecule has 1 aliphatic rings. The van der Waals surface area contributed by atoms with Gasteiger partial charge in [0.25, 0.3) is 0 Å². The van der Waals surface area contributed by atoms with E-state index in [9.17, 15) is 5.11 Å². The van der Waals surface area contributed by atoms with Gasteiger partial charge in [0.15, 0.2) is 0 Å². The Bertz CT molecular complexity index is 223. The second kappa shape index (κ2) is 11.5. The summed E-state index contributed by atoms with van der Waals surface area (Å²) in [5.41, 5.74) is 5.89. The lowest BCUT2D eigenvalue weighted by Gasteiger charge is -2.25. The van der Waals surface area contributed by atoms with E-state index in [1.807, 2.05) is 0 Å². The van der Waals surface area contributed by atoms with Crippen molar-refractivity contribution in [2.24, 2.45) is 11.7 Å². The molecule has 0 radical (unpaired) electrons.